The summed E-state index contributed by atoms with van der Waals surface area (Å²) < 4.78 is 40.4. The molecule has 1 aliphatic heterocycles. The molecule has 2 aromatic carbocycles. The van der Waals surface area contributed by atoms with Gasteiger partial charge in [-0.2, -0.15) is 4.31 Å². The second kappa shape index (κ2) is 7.95. The van der Waals surface area contributed by atoms with Crippen molar-refractivity contribution in [3.05, 3.63) is 69.9 Å². The Morgan fingerprint density at radius 2 is 1.64 bits per heavy atom. The van der Waals surface area contributed by atoms with Crippen LogP contribution in [0.3, 0.4) is 0 Å². The summed E-state index contributed by atoms with van der Waals surface area (Å²) in [6.45, 7) is 2.99. The zero-order valence-corrected chi connectivity index (χ0v) is 16.1. The SMILES string of the molecule is O=S(=O)(Cc1ccccc1)N1CCN(Cc2ccc(F)c(Br)c2)CC1. The first kappa shape index (κ1) is 18.5. The molecule has 0 N–H and O–H groups in total. The molecule has 0 amide bonds. The molecule has 134 valence electrons. The highest BCUT2D eigenvalue weighted by Gasteiger charge is 2.27. The maximum atomic E-state index is 13.3. The largest absolute Gasteiger partial charge is 0.296 e. The van der Waals surface area contributed by atoms with Gasteiger partial charge in [0.15, 0.2) is 0 Å². The van der Waals surface area contributed by atoms with Crippen molar-refractivity contribution >= 4 is 26.0 Å². The van der Waals surface area contributed by atoms with Crippen molar-refractivity contribution in [3.63, 3.8) is 0 Å². The fourth-order valence-corrected chi connectivity index (χ4v) is 4.88. The summed E-state index contributed by atoms with van der Waals surface area (Å²) in [5.41, 5.74) is 1.81. The number of benzene rings is 2. The van der Waals surface area contributed by atoms with Crippen molar-refractivity contribution < 1.29 is 12.8 Å². The average Bonchev–Trinajstić information content (AvgIpc) is 2.59. The summed E-state index contributed by atoms with van der Waals surface area (Å²) in [5, 5.41) is 0. The standard InChI is InChI=1S/C18H20BrFN2O2S/c19-17-12-16(6-7-18(17)20)13-21-8-10-22(11-9-21)25(23,24)14-15-4-2-1-3-5-15/h1-7,12H,8-11,13-14H2. The van der Waals surface area contributed by atoms with Gasteiger partial charge in [0.1, 0.15) is 5.82 Å². The van der Waals surface area contributed by atoms with Gasteiger partial charge < -0.3 is 0 Å². The Hall–Kier alpha value is -1.28. The quantitative estimate of drug-likeness (QED) is 0.736. The lowest BCUT2D eigenvalue weighted by atomic mass is 10.2. The minimum atomic E-state index is -3.30. The van der Waals surface area contributed by atoms with Gasteiger partial charge in [0.2, 0.25) is 10.0 Å². The van der Waals surface area contributed by atoms with E-state index in [9.17, 15) is 12.8 Å². The third-order valence-electron chi connectivity index (χ3n) is 4.31. The topological polar surface area (TPSA) is 40.6 Å². The first-order valence-corrected chi connectivity index (χ1v) is 10.5. The maximum absolute atomic E-state index is 13.3. The molecule has 4 nitrogen and oxygen atoms in total. The summed E-state index contributed by atoms with van der Waals surface area (Å²) in [6, 6.07) is 14.2. The van der Waals surface area contributed by atoms with Crippen LogP contribution in [0.15, 0.2) is 53.0 Å². The summed E-state index contributed by atoms with van der Waals surface area (Å²) in [7, 11) is -3.30. The zero-order chi connectivity index (χ0) is 17.9. The van der Waals surface area contributed by atoms with E-state index in [2.05, 4.69) is 20.8 Å². The van der Waals surface area contributed by atoms with Crippen LogP contribution in [0.4, 0.5) is 4.39 Å². The van der Waals surface area contributed by atoms with Gasteiger partial charge in [-0.05, 0) is 39.2 Å². The molecule has 1 saturated heterocycles. The molecule has 2 aromatic rings. The molecule has 0 saturated carbocycles. The minimum Gasteiger partial charge on any atom is -0.296 e. The highest BCUT2D eigenvalue weighted by molar-refractivity contribution is 9.10. The first-order valence-electron chi connectivity index (χ1n) is 8.12. The van der Waals surface area contributed by atoms with Gasteiger partial charge in [0.25, 0.3) is 0 Å². The van der Waals surface area contributed by atoms with Gasteiger partial charge in [-0.25, -0.2) is 12.8 Å². The molecule has 1 aliphatic rings. The minimum absolute atomic E-state index is 0.0404. The molecule has 0 bridgehead atoms. The molecule has 0 unspecified atom stereocenters. The van der Waals surface area contributed by atoms with Crippen LogP contribution in [0.2, 0.25) is 0 Å². The third kappa shape index (κ3) is 4.88. The lowest BCUT2D eigenvalue weighted by Gasteiger charge is -2.34. The molecule has 7 heteroatoms. The van der Waals surface area contributed by atoms with E-state index in [1.807, 2.05) is 30.3 Å². The Bertz CT molecular complexity index is 822. The molecule has 0 aliphatic carbocycles. The van der Waals surface area contributed by atoms with Crippen molar-refractivity contribution in [2.75, 3.05) is 26.2 Å². The van der Waals surface area contributed by atoms with Crippen LogP contribution in [0.25, 0.3) is 0 Å². The van der Waals surface area contributed by atoms with E-state index in [-0.39, 0.29) is 11.6 Å². The molecule has 1 heterocycles. The van der Waals surface area contributed by atoms with Gasteiger partial charge in [-0.15, -0.1) is 0 Å². The van der Waals surface area contributed by atoms with Crippen LogP contribution in [-0.4, -0.2) is 43.8 Å². The molecular formula is C18H20BrFN2O2S. The Balaban J connectivity index is 1.56. The Kier molecular flexibility index (Phi) is 5.89. The van der Waals surface area contributed by atoms with Crippen molar-refractivity contribution in [1.82, 2.24) is 9.21 Å². The Labute approximate surface area is 156 Å². The van der Waals surface area contributed by atoms with E-state index in [4.69, 9.17) is 0 Å². The molecule has 0 radical (unpaired) electrons. The van der Waals surface area contributed by atoms with E-state index in [1.165, 1.54) is 6.07 Å². The van der Waals surface area contributed by atoms with Crippen LogP contribution < -0.4 is 0 Å². The number of piperazine rings is 1. The van der Waals surface area contributed by atoms with E-state index in [0.717, 1.165) is 11.1 Å². The smallest absolute Gasteiger partial charge is 0.218 e. The van der Waals surface area contributed by atoms with Crippen LogP contribution in [0, 0.1) is 5.82 Å². The monoisotopic (exact) mass is 426 g/mol. The van der Waals surface area contributed by atoms with E-state index < -0.39 is 10.0 Å². The second-order valence-electron chi connectivity index (χ2n) is 6.17. The summed E-state index contributed by atoms with van der Waals surface area (Å²) >= 11 is 3.20. The number of nitrogens with zero attached hydrogens (tertiary/aromatic N) is 2. The van der Waals surface area contributed by atoms with Crippen LogP contribution in [-0.2, 0) is 22.3 Å². The van der Waals surface area contributed by atoms with Crippen molar-refractivity contribution in [3.8, 4) is 0 Å². The van der Waals surface area contributed by atoms with Crippen LogP contribution in [0.5, 0.6) is 0 Å². The highest BCUT2D eigenvalue weighted by Crippen LogP contribution is 2.19. The van der Waals surface area contributed by atoms with Gasteiger partial charge in [-0.3, -0.25) is 4.90 Å². The lowest BCUT2D eigenvalue weighted by Crippen LogP contribution is -2.48. The van der Waals surface area contributed by atoms with Gasteiger partial charge in [0.05, 0.1) is 10.2 Å². The highest BCUT2D eigenvalue weighted by atomic mass is 79.9. The van der Waals surface area contributed by atoms with Crippen LogP contribution >= 0.6 is 15.9 Å². The predicted octanol–water partition coefficient (Wildman–Crippen LogP) is 3.24. The molecule has 0 aromatic heterocycles. The molecule has 3 rings (SSSR count). The van der Waals surface area contributed by atoms with Crippen molar-refractivity contribution in [1.29, 1.82) is 0 Å². The van der Waals surface area contributed by atoms with E-state index in [0.29, 0.717) is 37.2 Å². The van der Waals surface area contributed by atoms with Gasteiger partial charge >= 0.3 is 0 Å². The molecular weight excluding hydrogens is 407 g/mol. The van der Waals surface area contributed by atoms with Crippen LogP contribution in [0.1, 0.15) is 11.1 Å². The maximum Gasteiger partial charge on any atom is 0.218 e. The average molecular weight is 427 g/mol. The summed E-state index contributed by atoms with van der Waals surface area (Å²) in [5.74, 6) is -0.237. The predicted molar refractivity (Wildman–Crippen MR) is 100 cm³/mol. The Morgan fingerprint density at radius 1 is 0.960 bits per heavy atom. The van der Waals surface area contributed by atoms with E-state index in [1.54, 1.807) is 16.4 Å². The number of hydrogen-bond donors (Lipinski definition) is 0. The van der Waals surface area contributed by atoms with E-state index >= 15 is 0 Å². The van der Waals surface area contributed by atoms with Gasteiger partial charge in [-0.1, -0.05) is 36.4 Å². The summed E-state index contributed by atoms with van der Waals surface area (Å²) in [6.07, 6.45) is 0. The zero-order valence-electron chi connectivity index (χ0n) is 13.7. The number of rotatable bonds is 5. The lowest BCUT2D eigenvalue weighted by molar-refractivity contribution is 0.181. The number of halogens is 2. The fraction of sp³-hybridized carbons (Fsp3) is 0.333. The van der Waals surface area contributed by atoms with Gasteiger partial charge in [0, 0.05) is 32.7 Å². The van der Waals surface area contributed by atoms with Crippen molar-refractivity contribution in [2.24, 2.45) is 0 Å². The third-order valence-corrected chi connectivity index (χ3v) is 6.76. The second-order valence-corrected chi connectivity index (χ2v) is 8.99. The Morgan fingerprint density at radius 3 is 2.28 bits per heavy atom. The molecule has 25 heavy (non-hydrogen) atoms. The number of sulfonamides is 1. The fourth-order valence-electron chi connectivity index (χ4n) is 2.94. The molecule has 0 spiro atoms. The summed E-state index contributed by atoms with van der Waals surface area (Å²) in [4.78, 5) is 2.19. The molecule has 0 atom stereocenters. The first-order chi connectivity index (χ1) is 11.9. The normalized spacial score (nSPS) is 16.9. The number of hydrogen-bond acceptors (Lipinski definition) is 3. The molecule has 1 fully saturated rings. The van der Waals surface area contributed by atoms with Crippen molar-refractivity contribution in [2.45, 2.75) is 12.3 Å².